The van der Waals surface area contributed by atoms with E-state index in [-0.39, 0.29) is 11.3 Å². The minimum atomic E-state index is -0.0215. The summed E-state index contributed by atoms with van der Waals surface area (Å²) in [6.07, 6.45) is 0.965. The van der Waals surface area contributed by atoms with Gasteiger partial charge in [0.25, 0.3) is 5.91 Å². The van der Waals surface area contributed by atoms with E-state index in [9.17, 15) is 4.79 Å². The van der Waals surface area contributed by atoms with Gasteiger partial charge in [-0.05, 0) is 42.5 Å². The number of benzene rings is 1. The van der Waals surface area contributed by atoms with Gasteiger partial charge in [0.1, 0.15) is 0 Å². The van der Waals surface area contributed by atoms with E-state index in [0.717, 1.165) is 12.0 Å². The Morgan fingerprint density at radius 2 is 2.00 bits per heavy atom. The molecule has 0 spiro atoms. The zero-order valence-electron chi connectivity index (χ0n) is 11.1. The molecule has 0 radical (unpaired) electrons. The van der Waals surface area contributed by atoms with Crippen molar-refractivity contribution in [1.82, 2.24) is 5.32 Å². The van der Waals surface area contributed by atoms with Crippen molar-refractivity contribution in [2.45, 2.75) is 34.1 Å². The highest BCUT2D eigenvalue weighted by molar-refractivity contribution is 5.95. The molecule has 1 aromatic rings. The molecule has 3 N–H and O–H groups in total. The summed E-state index contributed by atoms with van der Waals surface area (Å²) in [5, 5.41) is 2.94. The summed E-state index contributed by atoms with van der Waals surface area (Å²) in [7, 11) is 0. The van der Waals surface area contributed by atoms with Crippen molar-refractivity contribution in [3.63, 3.8) is 0 Å². The van der Waals surface area contributed by atoms with E-state index in [0.29, 0.717) is 17.8 Å². The molecule has 1 rings (SSSR count). The number of rotatable bonds is 3. The Balaban J connectivity index is 2.59. The monoisotopic (exact) mass is 234 g/mol. The molecule has 0 aliphatic rings. The standard InChI is InChI=1S/C14H22N2O/c1-10-9-11(15)5-6-12(10)13(17)16-8-7-14(2,3)4/h5-6,9H,7-8,15H2,1-4H3,(H,16,17). The molecule has 0 aliphatic carbocycles. The van der Waals surface area contributed by atoms with Crippen LogP contribution in [0.4, 0.5) is 5.69 Å². The van der Waals surface area contributed by atoms with E-state index >= 15 is 0 Å². The minimum Gasteiger partial charge on any atom is -0.399 e. The molecular formula is C14H22N2O. The van der Waals surface area contributed by atoms with Gasteiger partial charge in [-0.2, -0.15) is 0 Å². The van der Waals surface area contributed by atoms with E-state index in [1.807, 2.05) is 13.0 Å². The van der Waals surface area contributed by atoms with Crippen molar-refractivity contribution < 1.29 is 4.79 Å². The second-order valence-electron chi connectivity index (χ2n) is 5.64. The lowest BCUT2D eigenvalue weighted by molar-refractivity contribution is 0.0949. The molecule has 0 unspecified atom stereocenters. The predicted molar refractivity (Wildman–Crippen MR) is 72.0 cm³/mol. The summed E-state index contributed by atoms with van der Waals surface area (Å²) < 4.78 is 0. The Kier molecular flexibility index (Phi) is 4.16. The third-order valence-electron chi connectivity index (χ3n) is 2.66. The molecule has 0 fully saturated rings. The Bertz CT molecular complexity index is 405. The first kappa shape index (κ1) is 13.6. The average molecular weight is 234 g/mol. The van der Waals surface area contributed by atoms with Crippen LogP contribution < -0.4 is 11.1 Å². The van der Waals surface area contributed by atoms with Crippen molar-refractivity contribution in [2.75, 3.05) is 12.3 Å². The average Bonchev–Trinajstić information content (AvgIpc) is 2.15. The maximum Gasteiger partial charge on any atom is 0.251 e. The summed E-state index contributed by atoms with van der Waals surface area (Å²) in [5.41, 5.74) is 8.20. The first-order chi connectivity index (χ1) is 7.79. The Labute approximate surface area is 103 Å². The summed E-state index contributed by atoms with van der Waals surface area (Å²) in [4.78, 5) is 11.9. The maximum absolute atomic E-state index is 11.9. The number of anilines is 1. The second kappa shape index (κ2) is 5.21. The van der Waals surface area contributed by atoms with Crippen LogP contribution in [0, 0.1) is 12.3 Å². The van der Waals surface area contributed by atoms with Gasteiger partial charge in [-0.25, -0.2) is 0 Å². The fraction of sp³-hybridized carbons (Fsp3) is 0.500. The van der Waals surface area contributed by atoms with Gasteiger partial charge in [0, 0.05) is 17.8 Å². The lowest BCUT2D eigenvalue weighted by Gasteiger charge is -2.18. The zero-order valence-corrected chi connectivity index (χ0v) is 11.1. The summed E-state index contributed by atoms with van der Waals surface area (Å²) >= 11 is 0. The number of nitrogen functional groups attached to an aromatic ring is 1. The van der Waals surface area contributed by atoms with Gasteiger partial charge in [-0.3, -0.25) is 4.79 Å². The first-order valence-electron chi connectivity index (χ1n) is 5.94. The lowest BCUT2D eigenvalue weighted by atomic mass is 9.92. The van der Waals surface area contributed by atoms with Gasteiger partial charge in [0.15, 0.2) is 0 Å². The highest BCUT2D eigenvalue weighted by atomic mass is 16.1. The highest BCUT2D eigenvalue weighted by Gasteiger charge is 2.12. The SMILES string of the molecule is Cc1cc(N)ccc1C(=O)NCCC(C)(C)C. The number of carbonyl (C=O) groups excluding carboxylic acids is 1. The van der Waals surface area contributed by atoms with Crippen LogP contribution in [0.2, 0.25) is 0 Å². The lowest BCUT2D eigenvalue weighted by Crippen LogP contribution is -2.27. The first-order valence-corrected chi connectivity index (χ1v) is 5.94. The van der Waals surface area contributed by atoms with E-state index in [1.165, 1.54) is 0 Å². The third-order valence-corrected chi connectivity index (χ3v) is 2.66. The molecule has 0 aromatic heterocycles. The molecule has 0 saturated carbocycles. The van der Waals surface area contributed by atoms with Gasteiger partial charge >= 0.3 is 0 Å². The van der Waals surface area contributed by atoms with E-state index in [2.05, 4.69) is 26.1 Å². The summed E-state index contributed by atoms with van der Waals surface area (Å²) in [6.45, 7) is 9.08. The van der Waals surface area contributed by atoms with E-state index in [1.54, 1.807) is 12.1 Å². The fourth-order valence-electron chi connectivity index (χ4n) is 1.59. The Hall–Kier alpha value is -1.51. The quantitative estimate of drug-likeness (QED) is 0.790. The number of hydrogen-bond donors (Lipinski definition) is 2. The van der Waals surface area contributed by atoms with Crippen molar-refractivity contribution in [3.05, 3.63) is 29.3 Å². The van der Waals surface area contributed by atoms with Gasteiger partial charge in [0.2, 0.25) is 0 Å². The number of hydrogen-bond acceptors (Lipinski definition) is 2. The topological polar surface area (TPSA) is 55.1 Å². The fourth-order valence-corrected chi connectivity index (χ4v) is 1.59. The highest BCUT2D eigenvalue weighted by Crippen LogP contribution is 2.17. The van der Waals surface area contributed by atoms with E-state index < -0.39 is 0 Å². The van der Waals surface area contributed by atoms with Crippen LogP contribution in [0.3, 0.4) is 0 Å². The minimum absolute atomic E-state index is 0.0215. The van der Waals surface area contributed by atoms with Gasteiger partial charge in [0.05, 0.1) is 0 Å². The zero-order chi connectivity index (χ0) is 13.1. The van der Waals surface area contributed by atoms with Crippen molar-refractivity contribution in [1.29, 1.82) is 0 Å². The van der Waals surface area contributed by atoms with Crippen molar-refractivity contribution >= 4 is 11.6 Å². The third kappa shape index (κ3) is 4.47. The number of nitrogens with one attached hydrogen (secondary N) is 1. The molecule has 3 nitrogen and oxygen atoms in total. The number of nitrogens with two attached hydrogens (primary N) is 1. The molecule has 17 heavy (non-hydrogen) atoms. The van der Waals surface area contributed by atoms with Crippen LogP contribution in [0.15, 0.2) is 18.2 Å². The number of amides is 1. The maximum atomic E-state index is 11.9. The molecule has 0 atom stereocenters. The molecular weight excluding hydrogens is 212 g/mol. The molecule has 0 aliphatic heterocycles. The molecule has 0 saturated heterocycles. The van der Waals surface area contributed by atoms with Gasteiger partial charge in [-0.1, -0.05) is 20.8 Å². The van der Waals surface area contributed by atoms with E-state index in [4.69, 9.17) is 5.73 Å². The van der Waals surface area contributed by atoms with Crippen LogP contribution in [0.5, 0.6) is 0 Å². The molecule has 1 amide bonds. The van der Waals surface area contributed by atoms with Crippen LogP contribution in [0.25, 0.3) is 0 Å². The Morgan fingerprint density at radius 1 is 1.35 bits per heavy atom. The van der Waals surface area contributed by atoms with Crippen LogP contribution >= 0.6 is 0 Å². The summed E-state index contributed by atoms with van der Waals surface area (Å²) in [5.74, 6) is -0.0215. The van der Waals surface area contributed by atoms with Crippen LogP contribution in [0.1, 0.15) is 43.1 Å². The van der Waals surface area contributed by atoms with Crippen LogP contribution in [-0.2, 0) is 0 Å². The molecule has 0 heterocycles. The molecule has 3 heteroatoms. The van der Waals surface area contributed by atoms with Gasteiger partial charge < -0.3 is 11.1 Å². The van der Waals surface area contributed by atoms with Gasteiger partial charge in [-0.15, -0.1) is 0 Å². The molecule has 0 bridgehead atoms. The van der Waals surface area contributed by atoms with Crippen molar-refractivity contribution in [2.24, 2.45) is 5.41 Å². The number of carbonyl (C=O) groups is 1. The normalized spacial score (nSPS) is 11.3. The van der Waals surface area contributed by atoms with Crippen molar-refractivity contribution in [3.8, 4) is 0 Å². The summed E-state index contributed by atoms with van der Waals surface area (Å²) in [6, 6.07) is 5.35. The van der Waals surface area contributed by atoms with Crippen LogP contribution in [-0.4, -0.2) is 12.5 Å². The largest absolute Gasteiger partial charge is 0.399 e. The number of aryl methyl sites for hydroxylation is 1. The smallest absolute Gasteiger partial charge is 0.251 e. The molecule has 1 aromatic carbocycles. The predicted octanol–water partition coefficient (Wildman–Crippen LogP) is 2.74. The molecule has 94 valence electrons. The Morgan fingerprint density at radius 3 is 2.53 bits per heavy atom. The second-order valence-corrected chi connectivity index (χ2v) is 5.64.